The van der Waals surface area contributed by atoms with Gasteiger partial charge >= 0.3 is 12.5 Å². The van der Waals surface area contributed by atoms with Crippen molar-refractivity contribution in [2.45, 2.75) is 12.5 Å². The van der Waals surface area contributed by atoms with Crippen LogP contribution in [0.25, 0.3) is 0 Å². The molecule has 0 unspecified atom stereocenters. The van der Waals surface area contributed by atoms with E-state index in [0.717, 1.165) is 12.1 Å². The van der Waals surface area contributed by atoms with E-state index in [-0.39, 0.29) is 10.7 Å². The largest absolute Gasteiger partial charge is 0.497 e. The van der Waals surface area contributed by atoms with Gasteiger partial charge in [-0.1, -0.05) is 12.1 Å². The number of hydrazine groups is 1. The van der Waals surface area contributed by atoms with Crippen molar-refractivity contribution in [1.82, 2.24) is 10.9 Å². The molecule has 0 aromatic heterocycles. The summed E-state index contributed by atoms with van der Waals surface area (Å²) < 4.78 is 59.3. The second kappa shape index (κ2) is 9.22. The van der Waals surface area contributed by atoms with Gasteiger partial charge in [0.1, 0.15) is 11.5 Å². The van der Waals surface area contributed by atoms with Gasteiger partial charge in [0, 0.05) is 17.3 Å². The van der Waals surface area contributed by atoms with Crippen LogP contribution in [0.5, 0.6) is 11.5 Å². The molecule has 0 saturated carbocycles. The summed E-state index contributed by atoms with van der Waals surface area (Å²) in [5, 5.41) is 2.84. The fourth-order valence-corrected chi connectivity index (χ4v) is 2.12. The highest BCUT2D eigenvalue weighted by Crippen LogP contribution is 2.27. The van der Waals surface area contributed by atoms with Gasteiger partial charge in [-0.05, 0) is 42.5 Å². The van der Waals surface area contributed by atoms with Crippen LogP contribution in [0.4, 0.5) is 23.2 Å². The maximum atomic E-state index is 13.0. The number of rotatable bonds is 6. The van der Waals surface area contributed by atoms with Crippen LogP contribution in [0.1, 0.15) is 10.4 Å². The Kier molecular flexibility index (Phi) is 6.99. The topological polar surface area (TPSA) is 71.6 Å². The van der Waals surface area contributed by atoms with Crippen molar-refractivity contribution < 1.29 is 31.8 Å². The molecular weight excluding hydrogens is 402 g/mol. The molecule has 0 saturated heterocycles. The van der Waals surface area contributed by atoms with Crippen LogP contribution < -0.4 is 25.6 Å². The second-order valence-corrected chi connectivity index (χ2v) is 5.67. The lowest BCUT2D eigenvalue weighted by atomic mass is 10.2. The van der Waals surface area contributed by atoms with Gasteiger partial charge in [0.25, 0.3) is 5.91 Å². The van der Waals surface area contributed by atoms with Crippen molar-refractivity contribution in [3.63, 3.8) is 0 Å². The Morgan fingerprint density at radius 2 is 1.75 bits per heavy atom. The first-order valence-corrected chi connectivity index (χ1v) is 8.08. The average molecular weight is 417 g/mol. The number of nitrogens with one attached hydrogen (secondary N) is 3. The summed E-state index contributed by atoms with van der Waals surface area (Å²) in [5.74, 6) is -0.745. The number of carbonyl (C=O) groups is 1. The summed E-state index contributed by atoms with van der Waals surface area (Å²) in [6, 6.07) is 11.2. The smallest absolute Gasteiger partial charge is 0.461 e. The molecule has 11 heteroatoms. The number of halogens is 4. The molecule has 0 fully saturated rings. The van der Waals surface area contributed by atoms with Crippen LogP contribution in [-0.2, 0) is 0 Å². The third-order valence-electron chi connectivity index (χ3n) is 3.22. The lowest BCUT2D eigenvalue weighted by Gasteiger charge is -2.17. The number of thiocarbonyl (C=S) groups is 1. The van der Waals surface area contributed by atoms with Crippen molar-refractivity contribution in [1.29, 1.82) is 0 Å². The fourth-order valence-electron chi connectivity index (χ4n) is 1.95. The van der Waals surface area contributed by atoms with Crippen LogP contribution in [0, 0.1) is 0 Å². The molecule has 2 aromatic rings. The Labute approximate surface area is 162 Å². The number of hydrogen-bond donors (Lipinski definition) is 3. The van der Waals surface area contributed by atoms with E-state index < -0.39 is 24.2 Å². The Morgan fingerprint density at radius 1 is 1.07 bits per heavy atom. The summed E-state index contributed by atoms with van der Waals surface area (Å²) in [6.07, 6.45) is -8.68. The first kappa shape index (κ1) is 21.2. The monoisotopic (exact) mass is 417 g/mol. The van der Waals surface area contributed by atoms with Gasteiger partial charge in [-0.3, -0.25) is 15.6 Å². The zero-order chi connectivity index (χ0) is 20.7. The standard InChI is InChI=1S/C17H15F4N3O3S/c1-26-12-6-3-5-11(9-12)22-16(28)24-23-14(25)10-4-2-7-13(8-10)27-17(20,21)15(18)19/h2-9,15H,1H3,(H,23,25)(H2,22,24,28). The van der Waals surface area contributed by atoms with Crippen LogP contribution in [0.3, 0.4) is 0 Å². The number of hydrogen-bond acceptors (Lipinski definition) is 4. The third-order valence-corrected chi connectivity index (χ3v) is 3.43. The molecule has 0 aliphatic carbocycles. The number of benzene rings is 2. The van der Waals surface area contributed by atoms with Gasteiger partial charge in [0.2, 0.25) is 0 Å². The summed E-state index contributed by atoms with van der Waals surface area (Å²) in [4.78, 5) is 12.1. The molecule has 2 rings (SSSR count). The van der Waals surface area contributed by atoms with E-state index in [0.29, 0.717) is 11.4 Å². The number of methoxy groups -OCH3 is 1. The molecule has 0 radical (unpaired) electrons. The summed E-state index contributed by atoms with van der Waals surface area (Å²) in [5.41, 5.74) is 5.15. The molecule has 0 aliphatic rings. The Bertz CT molecular complexity index is 852. The molecule has 0 heterocycles. The summed E-state index contributed by atoms with van der Waals surface area (Å²) in [6.45, 7) is 0. The molecule has 150 valence electrons. The van der Waals surface area contributed by atoms with E-state index in [9.17, 15) is 22.4 Å². The number of ether oxygens (including phenoxy) is 2. The van der Waals surface area contributed by atoms with E-state index in [1.54, 1.807) is 24.3 Å². The first-order chi connectivity index (χ1) is 13.2. The molecule has 6 nitrogen and oxygen atoms in total. The normalized spacial score (nSPS) is 10.9. The van der Waals surface area contributed by atoms with E-state index in [1.165, 1.54) is 19.2 Å². The molecule has 0 aliphatic heterocycles. The van der Waals surface area contributed by atoms with E-state index in [4.69, 9.17) is 17.0 Å². The first-order valence-electron chi connectivity index (χ1n) is 7.67. The third kappa shape index (κ3) is 5.98. The Hall–Kier alpha value is -3.08. The minimum Gasteiger partial charge on any atom is -0.497 e. The highest BCUT2D eigenvalue weighted by Gasteiger charge is 2.44. The van der Waals surface area contributed by atoms with Crippen LogP contribution in [0.15, 0.2) is 48.5 Å². The van der Waals surface area contributed by atoms with Gasteiger partial charge in [-0.2, -0.15) is 17.6 Å². The Balaban J connectivity index is 1.93. The summed E-state index contributed by atoms with van der Waals surface area (Å²) >= 11 is 5.03. The van der Waals surface area contributed by atoms with Gasteiger partial charge in [-0.25, -0.2) is 0 Å². The van der Waals surface area contributed by atoms with Crippen molar-refractivity contribution in [3.8, 4) is 11.5 Å². The Morgan fingerprint density at radius 3 is 2.43 bits per heavy atom. The molecular formula is C17H15F4N3O3S. The van der Waals surface area contributed by atoms with Crippen molar-refractivity contribution in [2.75, 3.05) is 12.4 Å². The number of alkyl halides is 4. The molecule has 28 heavy (non-hydrogen) atoms. The lowest BCUT2D eigenvalue weighted by molar-refractivity contribution is -0.253. The van der Waals surface area contributed by atoms with Crippen LogP contribution in [0.2, 0.25) is 0 Å². The maximum absolute atomic E-state index is 13.0. The van der Waals surface area contributed by atoms with Crippen molar-refractivity contribution >= 4 is 28.9 Å². The molecule has 2 aromatic carbocycles. The maximum Gasteiger partial charge on any atom is 0.461 e. The average Bonchev–Trinajstić information content (AvgIpc) is 2.66. The highest BCUT2D eigenvalue weighted by atomic mass is 32.1. The molecule has 0 spiro atoms. The lowest BCUT2D eigenvalue weighted by Crippen LogP contribution is -2.43. The van der Waals surface area contributed by atoms with Crippen molar-refractivity contribution in [3.05, 3.63) is 54.1 Å². The minimum absolute atomic E-state index is 0.0400. The van der Waals surface area contributed by atoms with E-state index >= 15 is 0 Å². The second-order valence-electron chi connectivity index (χ2n) is 5.26. The van der Waals surface area contributed by atoms with Gasteiger partial charge in [0.15, 0.2) is 5.11 Å². The molecule has 0 atom stereocenters. The molecule has 3 N–H and O–H groups in total. The van der Waals surface area contributed by atoms with Crippen molar-refractivity contribution in [2.24, 2.45) is 0 Å². The predicted octanol–water partition coefficient (Wildman–Crippen LogP) is 3.56. The number of carbonyl (C=O) groups excluding carboxylic acids is 1. The highest BCUT2D eigenvalue weighted by molar-refractivity contribution is 7.80. The number of anilines is 1. The quantitative estimate of drug-likeness (QED) is 0.379. The zero-order valence-corrected chi connectivity index (χ0v) is 15.2. The van der Waals surface area contributed by atoms with Gasteiger partial charge in [-0.15, -0.1) is 0 Å². The fraction of sp³-hybridized carbons (Fsp3) is 0.176. The van der Waals surface area contributed by atoms with Gasteiger partial charge < -0.3 is 14.8 Å². The molecule has 0 bridgehead atoms. The SMILES string of the molecule is COc1cccc(NC(=S)NNC(=O)c2cccc(OC(F)(F)C(F)F)c2)c1. The van der Waals surface area contributed by atoms with Crippen LogP contribution >= 0.6 is 12.2 Å². The molecule has 1 amide bonds. The van der Waals surface area contributed by atoms with Gasteiger partial charge in [0.05, 0.1) is 7.11 Å². The van der Waals surface area contributed by atoms with E-state index in [2.05, 4.69) is 20.9 Å². The zero-order valence-electron chi connectivity index (χ0n) is 14.3. The van der Waals surface area contributed by atoms with Crippen LogP contribution in [-0.4, -0.2) is 30.7 Å². The van der Waals surface area contributed by atoms with E-state index in [1.807, 2.05) is 0 Å². The number of amides is 1. The summed E-state index contributed by atoms with van der Waals surface area (Å²) in [7, 11) is 1.50. The minimum atomic E-state index is -4.67. The predicted molar refractivity (Wildman–Crippen MR) is 97.8 cm³/mol.